The number of aliphatic hydroxyl groups is 1. The second-order valence-electron chi connectivity index (χ2n) is 12.1. The molecule has 1 saturated carbocycles. The number of hydrogen-bond acceptors (Lipinski definition) is 7. The Balaban J connectivity index is 1.47. The lowest BCUT2D eigenvalue weighted by Crippen LogP contribution is -2.32. The van der Waals surface area contributed by atoms with Crippen LogP contribution in [0.3, 0.4) is 0 Å². The predicted octanol–water partition coefficient (Wildman–Crippen LogP) is 5.81. The van der Waals surface area contributed by atoms with Crippen LogP contribution in [0.5, 0.6) is 0 Å². The first-order valence-electron chi connectivity index (χ1n) is 15.1. The Bertz CT molecular complexity index is 1550. The molecule has 0 spiro atoms. The molecule has 1 saturated heterocycles. The minimum atomic E-state index is -3.65. The molecule has 1 N–H and O–H groups in total. The van der Waals surface area contributed by atoms with Crippen LogP contribution in [-0.4, -0.2) is 61.1 Å². The fourth-order valence-corrected chi connectivity index (χ4v) is 7.93. The van der Waals surface area contributed by atoms with Crippen molar-refractivity contribution >= 4 is 38.7 Å². The van der Waals surface area contributed by atoms with Crippen LogP contribution in [0.15, 0.2) is 53.9 Å². The number of rotatable bonds is 11. The molecular formula is C33H41N3O5S2. The van der Waals surface area contributed by atoms with Crippen LogP contribution in [-0.2, 0) is 16.4 Å². The third-order valence-electron chi connectivity index (χ3n) is 8.94. The van der Waals surface area contributed by atoms with Crippen molar-refractivity contribution in [1.29, 1.82) is 0 Å². The first-order chi connectivity index (χ1) is 20.5. The Morgan fingerprint density at radius 1 is 1.07 bits per heavy atom. The Morgan fingerprint density at radius 3 is 2.42 bits per heavy atom. The zero-order valence-corrected chi connectivity index (χ0v) is 26.7. The average molecular weight is 624 g/mol. The summed E-state index contributed by atoms with van der Waals surface area (Å²) in [7, 11) is -2.23. The summed E-state index contributed by atoms with van der Waals surface area (Å²) in [6.07, 6.45) is 6.82. The third kappa shape index (κ3) is 7.36. The van der Waals surface area contributed by atoms with Gasteiger partial charge in [-0.1, -0.05) is 43.2 Å². The van der Waals surface area contributed by atoms with E-state index in [0.717, 1.165) is 65.4 Å². The van der Waals surface area contributed by atoms with E-state index >= 15 is 0 Å². The minimum absolute atomic E-state index is 0.0942. The third-order valence-corrected chi connectivity index (χ3v) is 11.2. The molecule has 1 amide bonds. The molecule has 1 unspecified atom stereocenters. The van der Waals surface area contributed by atoms with E-state index in [2.05, 4.69) is 4.98 Å². The molecule has 2 aromatic carbocycles. The topological polar surface area (TPSA) is 108 Å². The number of benzene rings is 2. The van der Waals surface area contributed by atoms with Crippen LogP contribution in [0.1, 0.15) is 88.0 Å². The van der Waals surface area contributed by atoms with Crippen LogP contribution in [0, 0.1) is 18.8 Å². The molecule has 2 heterocycles. The van der Waals surface area contributed by atoms with E-state index in [4.69, 9.17) is 0 Å². The summed E-state index contributed by atoms with van der Waals surface area (Å²) in [5, 5.41) is 14.3. The summed E-state index contributed by atoms with van der Waals surface area (Å²) >= 11 is 1.53. The van der Waals surface area contributed by atoms with Gasteiger partial charge in [0.25, 0.3) is 5.91 Å². The van der Waals surface area contributed by atoms with Crippen molar-refractivity contribution in [2.45, 2.75) is 70.4 Å². The number of ketones is 1. The second-order valence-corrected chi connectivity index (χ2v) is 15.0. The molecule has 0 bridgehead atoms. The van der Waals surface area contributed by atoms with Gasteiger partial charge in [0.05, 0.1) is 24.1 Å². The minimum Gasteiger partial charge on any atom is -0.393 e. The molecule has 10 heteroatoms. The highest BCUT2D eigenvalue weighted by molar-refractivity contribution is 7.92. The fraction of sp³-hybridized carbons (Fsp3) is 0.485. The summed E-state index contributed by atoms with van der Waals surface area (Å²) in [5.74, 6) is -0.614. The van der Waals surface area contributed by atoms with Crippen molar-refractivity contribution < 1.29 is 23.1 Å². The number of Topliss-reactive ketones (excluding diaryl/α,β-unsaturated/α-hetero) is 1. The standard InChI is InChI=1S/C33H41N3O5S2/c1-22-21-42-32(34-22)29-14-9-15-36(29)33(39)27-17-25(18-28(19-27)35(2)43(3,40)41)30(37)20-26(16-23-10-5-4-6-11-23)31(38)24-12-7-8-13-24/h4-6,10-11,17-19,21,24,26,29,31,38H,7-9,12-16,20H2,1-3H3/t26-,29?,31-/m1/s1. The maximum Gasteiger partial charge on any atom is 0.254 e. The molecule has 43 heavy (non-hydrogen) atoms. The van der Waals surface area contributed by atoms with Gasteiger partial charge in [-0.25, -0.2) is 13.4 Å². The molecule has 1 aliphatic heterocycles. The summed E-state index contributed by atoms with van der Waals surface area (Å²) in [4.78, 5) is 34.3. The van der Waals surface area contributed by atoms with Gasteiger partial charge in [-0.2, -0.15) is 0 Å². The van der Waals surface area contributed by atoms with E-state index < -0.39 is 16.1 Å². The summed E-state index contributed by atoms with van der Waals surface area (Å²) in [6, 6.07) is 14.4. The molecule has 2 aliphatic rings. The second kappa shape index (κ2) is 13.3. The van der Waals surface area contributed by atoms with E-state index in [9.17, 15) is 23.1 Å². The van der Waals surface area contributed by atoms with Gasteiger partial charge in [-0.15, -0.1) is 11.3 Å². The van der Waals surface area contributed by atoms with Gasteiger partial charge in [-0.05, 0) is 74.6 Å². The highest BCUT2D eigenvalue weighted by atomic mass is 32.2. The fourth-order valence-electron chi connectivity index (χ4n) is 6.50. The number of aryl methyl sites for hydroxylation is 1. The molecule has 1 aromatic heterocycles. The van der Waals surface area contributed by atoms with Crippen LogP contribution in [0.2, 0.25) is 0 Å². The number of thiazole rings is 1. The molecule has 8 nitrogen and oxygen atoms in total. The van der Waals surface area contributed by atoms with Gasteiger partial charge in [0.15, 0.2) is 5.78 Å². The molecule has 3 atom stereocenters. The van der Waals surface area contributed by atoms with Crippen LogP contribution in [0.25, 0.3) is 0 Å². The molecule has 3 aromatic rings. The number of hydrogen-bond donors (Lipinski definition) is 1. The van der Waals surface area contributed by atoms with Crippen molar-refractivity contribution in [2.75, 3.05) is 24.2 Å². The van der Waals surface area contributed by atoms with Gasteiger partial charge >= 0.3 is 0 Å². The Labute approximate surface area is 258 Å². The highest BCUT2D eigenvalue weighted by Gasteiger charge is 2.35. The van der Waals surface area contributed by atoms with Crippen molar-refractivity contribution in [2.24, 2.45) is 11.8 Å². The zero-order chi connectivity index (χ0) is 30.7. The molecule has 5 rings (SSSR count). The summed E-state index contributed by atoms with van der Waals surface area (Å²) < 4.78 is 26.1. The van der Waals surface area contributed by atoms with Crippen molar-refractivity contribution in [3.8, 4) is 0 Å². The van der Waals surface area contributed by atoms with Crippen molar-refractivity contribution in [1.82, 2.24) is 9.88 Å². The normalized spacial score (nSPS) is 19.0. The molecule has 2 fully saturated rings. The van der Waals surface area contributed by atoms with E-state index in [1.807, 2.05) is 42.6 Å². The number of sulfonamides is 1. The Kier molecular flexibility index (Phi) is 9.68. The Morgan fingerprint density at radius 2 is 1.77 bits per heavy atom. The molecule has 1 aliphatic carbocycles. The van der Waals surface area contributed by atoms with Crippen molar-refractivity contribution in [3.63, 3.8) is 0 Å². The quantitative estimate of drug-likeness (QED) is 0.270. The lowest BCUT2D eigenvalue weighted by Gasteiger charge is -2.28. The predicted molar refractivity (Wildman–Crippen MR) is 170 cm³/mol. The molecule has 0 radical (unpaired) electrons. The van der Waals surface area contributed by atoms with E-state index in [1.54, 1.807) is 23.1 Å². The number of anilines is 1. The van der Waals surface area contributed by atoms with E-state index in [1.165, 1.54) is 18.4 Å². The van der Waals surface area contributed by atoms with Crippen molar-refractivity contribution in [3.05, 3.63) is 81.3 Å². The van der Waals surface area contributed by atoms with Gasteiger partial charge < -0.3 is 10.0 Å². The molecule has 230 valence electrons. The SMILES string of the molecule is Cc1csc(C2CCCN2C(=O)c2cc(C(=O)C[C@@H](Cc3ccccc3)[C@H](O)C3CCCC3)cc(N(C)S(C)(=O)=O)c2)n1. The maximum atomic E-state index is 14.0. The van der Waals surface area contributed by atoms with Gasteiger partial charge in [-0.3, -0.25) is 13.9 Å². The lowest BCUT2D eigenvalue weighted by atomic mass is 9.81. The number of aromatic nitrogens is 1. The first-order valence-corrected chi connectivity index (χ1v) is 17.8. The lowest BCUT2D eigenvalue weighted by molar-refractivity contribution is 0.0456. The number of amides is 1. The largest absolute Gasteiger partial charge is 0.393 e. The number of carbonyl (C=O) groups is 2. The first kappa shape index (κ1) is 31.3. The Hall–Kier alpha value is -3.08. The van der Waals surface area contributed by atoms with Crippen LogP contribution < -0.4 is 4.31 Å². The summed E-state index contributed by atoms with van der Waals surface area (Å²) in [6.45, 7) is 2.49. The van der Waals surface area contributed by atoms with Gasteiger partial charge in [0.2, 0.25) is 10.0 Å². The van der Waals surface area contributed by atoms with Gasteiger partial charge in [0, 0.05) is 42.2 Å². The van der Waals surface area contributed by atoms with Crippen LogP contribution in [0.4, 0.5) is 5.69 Å². The van der Waals surface area contributed by atoms with E-state index in [-0.39, 0.29) is 52.8 Å². The zero-order valence-electron chi connectivity index (χ0n) is 25.1. The van der Waals surface area contributed by atoms with Gasteiger partial charge in [0.1, 0.15) is 5.01 Å². The average Bonchev–Trinajstić information content (AvgIpc) is 3.78. The highest BCUT2D eigenvalue weighted by Crippen LogP contribution is 2.37. The number of likely N-dealkylation sites (tertiary alicyclic amines) is 1. The number of carbonyl (C=O) groups excluding carboxylic acids is 2. The number of aliphatic hydroxyl groups excluding tert-OH is 1. The smallest absolute Gasteiger partial charge is 0.254 e. The monoisotopic (exact) mass is 623 g/mol. The van der Waals surface area contributed by atoms with E-state index in [0.29, 0.717) is 13.0 Å². The summed E-state index contributed by atoms with van der Waals surface area (Å²) in [5.41, 5.74) is 2.76. The van der Waals surface area contributed by atoms with Crippen LogP contribution >= 0.6 is 11.3 Å². The molecular weight excluding hydrogens is 583 g/mol. The number of nitrogens with zero attached hydrogens (tertiary/aromatic N) is 3. The maximum absolute atomic E-state index is 14.0.